The molecule has 1 aliphatic heterocycles. The highest BCUT2D eigenvalue weighted by Gasteiger charge is 2.53. The van der Waals surface area contributed by atoms with Crippen molar-refractivity contribution in [3.8, 4) is 0 Å². The van der Waals surface area contributed by atoms with Crippen molar-refractivity contribution in [2.45, 2.75) is 19.1 Å². The van der Waals surface area contributed by atoms with Gasteiger partial charge < -0.3 is 5.11 Å². The van der Waals surface area contributed by atoms with Crippen molar-refractivity contribution >= 4 is 31.9 Å². The Labute approximate surface area is 147 Å². The van der Waals surface area contributed by atoms with Crippen LogP contribution >= 0.6 is 31.9 Å². The Morgan fingerprint density at radius 1 is 1.09 bits per heavy atom. The normalized spacial score (nSPS) is 22.6. The summed E-state index contributed by atoms with van der Waals surface area (Å²) in [6, 6.07) is 14.8. The molecule has 2 aromatic rings. The summed E-state index contributed by atoms with van der Waals surface area (Å²) in [4.78, 5) is 2.43. The lowest BCUT2D eigenvalue weighted by atomic mass is 9.75. The minimum atomic E-state index is -0.348. The Morgan fingerprint density at radius 3 is 2.50 bits per heavy atom. The first-order valence-corrected chi connectivity index (χ1v) is 9.08. The van der Waals surface area contributed by atoms with E-state index in [2.05, 4.69) is 73.2 Å². The molecule has 4 heteroatoms. The number of aliphatic hydroxyl groups is 1. The molecular weight excluding hydrogens is 406 g/mol. The molecule has 1 unspecified atom stereocenters. The van der Waals surface area contributed by atoms with Crippen LogP contribution in [0.15, 0.2) is 51.4 Å². The highest BCUT2D eigenvalue weighted by molar-refractivity contribution is 9.13. The summed E-state index contributed by atoms with van der Waals surface area (Å²) in [5.41, 5.74) is 3.72. The average Bonchev–Trinajstić information content (AvgIpc) is 2.74. The Morgan fingerprint density at radius 2 is 1.77 bits per heavy atom. The number of hydrogen-bond donors (Lipinski definition) is 1. The largest absolute Gasteiger partial charge is 0.388 e. The van der Waals surface area contributed by atoms with Crippen LogP contribution in [0.1, 0.15) is 22.8 Å². The van der Waals surface area contributed by atoms with Crippen molar-refractivity contribution in [1.82, 2.24) is 4.90 Å². The summed E-state index contributed by atoms with van der Waals surface area (Å²) in [7, 11) is 0. The first-order valence-electron chi connectivity index (χ1n) is 7.50. The lowest BCUT2D eigenvalue weighted by Gasteiger charge is -2.50. The van der Waals surface area contributed by atoms with Gasteiger partial charge in [-0.1, -0.05) is 30.3 Å². The molecule has 1 saturated heterocycles. The summed E-state index contributed by atoms with van der Waals surface area (Å²) >= 11 is 7.10. The van der Waals surface area contributed by atoms with Gasteiger partial charge in [0.05, 0.1) is 6.10 Å². The van der Waals surface area contributed by atoms with Crippen molar-refractivity contribution < 1.29 is 5.11 Å². The van der Waals surface area contributed by atoms with E-state index >= 15 is 0 Å². The smallest absolute Gasteiger partial charge is 0.0877 e. The second-order valence-electron chi connectivity index (χ2n) is 6.54. The lowest BCUT2D eigenvalue weighted by Crippen LogP contribution is -2.57. The fourth-order valence-electron chi connectivity index (χ4n) is 3.90. The van der Waals surface area contributed by atoms with E-state index in [1.54, 1.807) is 0 Å². The molecule has 0 amide bonds. The maximum Gasteiger partial charge on any atom is 0.0877 e. The predicted molar refractivity (Wildman–Crippen MR) is 94.7 cm³/mol. The standard InChI is InChI=1S/C18H17Br2NO/c19-15-6-13-8-18(17(22)14(13)7-16(15)20)10-21(11-18)9-12-4-2-1-3-5-12/h1-7,17,22H,8-11H2. The van der Waals surface area contributed by atoms with E-state index in [4.69, 9.17) is 0 Å². The monoisotopic (exact) mass is 421 g/mol. The zero-order valence-corrected chi connectivity index (χ0v) is 15.3. The molecule has 1 fully saturated rings. The molecule has 22 heavy (non-hydrogen) atoms. The maximum absolute atomic E-state index is 10.8. The van der Waals surface area contributed by atoms with E-state index in [0.29, 0.717) is 0 Å². The van der Waals surface area contributed by atoms with Gasteiger partial charge in [-0.05, 0) is 67.1 Å². The molecule has 4 rings (SSSR count). The molecule has 2 nitrogen and oxygen atoms in total. The topological polar surface area (TPSA) is 23.5 Å². The minimum absolute atomic E-state index is 0.0113. The number of aliphatic hydroxyl groups excluding tert-OH is 1. The van der Waals surface area contributed by atoms with Gasteiger partial charge in [0.2, 0.25) is 0 Å². The molecule has 0 saturated carbocycles. The van der Waals surface area contributed by atoms with Gasteiger partial charge in [-0.25, -0.2) is 0 Å². The molecule has 1 aliphatic carbocycles. The van der Waals surface area contributed by atoms with Gasteiger partial charge in [-0.2, -0.15) is 0 Å². The minimum Gasteiger partial charge on any atom is -0.388 e. The summed E-state index contributed by atoms with van der Waals surface area (Å²) in [6.45, 7) is 2.90. The number of fused-ring (bicyclic) bond motifs is 1. The maximum atomic E-state index is 10.8. The summed E-state index contributed by atoms with van der Waals surface area (Å²) in [5, 5.41) is 10.8. The van der Waals surface area contributed by atoms with E-state index < -0.39 is 0 Å². The van der Waals surface area contributed by atoms with Crippen LogP contribution in [0.3, 0.4) is 0 Å². The van der Waals surface area contributed by atoms with Crippen LogP contribution in [0.4, 0.5) is 0 Å². The van der Waals surface area contributed by atoms with Gasteiger partial charge in [0.1, 0.15) is 0 Å². The average molecular weight is 423 g/mol. The van der Waals surface area contributed by atoms with E-state index in [9.17, 15) is 5.11 Å². The number of hydrogen-bond acceptors (Lipinski definition) is 2. The van der Waals surface area contributed by atoms with Crippen LogP contribution < -0.4 is 0 Å². The molecule has 1 spiro atoms. The third kappa shape index (κ3) is 2.37. The Bertz CT molecular complexity index is 711. The van der Waals surface area contributed by atoms with Gasteiger partial charge in [0, 0.05) is 34.0 Å². The Hall–Kier alpha value is -0.680. The predicted octanol–water partition coefficient (Wildman–Crippen LogP) is 4.30. The van der Waals surface area contributed by atoms with Crippen LogP contribution in [-0.2, 0) is 13.0 Å². The highest BCUT2D eigenvalue weighted by atomic mass is 79.9. The second kappa shape index (κ2) is 5.45. The van der Waals surface area contributed by atoms with Gasteiger partial charge in [0.25, 0.3) is 0 Å². The summed E-state index contributed by atoms with van der Waals surface area (Å²) < 4.78 is 2.08. The summed E-state index contributed by atoms with van der Waals surface area (Å²) in [6.07, 6.45) is 0.625. The van der Waals surface area contributed by atoms with Crippen LogP contribution in [0.2, 0.25) is 0 Å². The SMILES string of the molecule is OC1c2cc(Br)c(Br)cc2CC12CN(Cc1ccccc1)C2. The molecule has 1 N–H and O–H groups in total. The van der Waals surface area contributed by atoms with Gasteiger partial charge in [0.15, 0.2) is 0 Å². The van der Waals surface area contributed by atoms with E-state index in [1.165, 1.54) is 11.1 Å². The molecule has 2 aliphatic rings. The fraction of sp³-hybridized carbons (Fsp3) is 0.333. The first-order chi connectivity index (χ1) is 10.6. The van der Waals surface area contributed by atoms with Crippen molar-refractivity contribution in [3.05, 3.63) is 68.1 Å². The highest BCUT2D eigenvalue weighted by Crippen LogP contribution is 2.52. The van der Waals surface area contributed by atoms with Crippen molar-refractivity contribution in [2.75, 3.05) is 13.1 Å². The molecule has 2 aromatic carbocycles. The van der Waals surface area contributed by atoms with Crippen LogP contribution in [-0.4, -0.2) is 23.1 Å². The first kappa shape index (κ1) is 14.9. The molecule has 1 heterocycles. The number of nitrogens with zero attached hydrogens (tertiary/aromatic N) is 1. The van der Waals surface area contributed by atoms with Crippen LogP contribution in [0.5, 0.6) is 0 Å². The van der Waals surface area contributed by atoms with E-state index in [0.717, 1.165) is 40.6 Å². The third-order valence-corrected chi connectivity index (χ3v) is 6.77. The summed E-state index contributed by atoms with van der Waals surface area (Å²) in [5.74, 6) is 0. The Balaban J connectivity index is 1.50. The molecular formula is C18H17Br2NO. The number of halogens is 2. The van der Waals surface area contributed by atoms with Crippen molar-refractivity contribution in [2.24, 2.45) is 5.41 Å². The van der Waals surface area contributed by atoms with Crippen LogP contribution in [0, 0.1) is 5.41 Å². The van der Waals surface area contributed by atoms with E-state index in [1.807, 2.05) is 6.07 Å². The quantitative estimate of drug-likeness (QED) is 0.779. The molecule has 0 bridgehead atoms. The fourth-order valence-corrected chi connectivity index (χ4v) is 4.65. The third-order valence-electron chi connectivity index (χ3n) is 4.93. The Kier molecular flexibility index (Phi) is 3.68. The van der Waals surface area contributed by atoms with Crippen molar-refractivity contribution in [3.63, 3.8) is 0 Å². The van der Waals surface area contributed by atoms with Crippen LogP contribution in [0.25, 0.3) is 0 Å². The zero-order chi connectivity index (χ0) is 15.3. The lowest BCUT2D eigenvalue weighted by molar-refractivity contribution is -0.0873. The molecule has 0 aromatic heterocycles. The zero-order valence-electron chi connectivity index (χ0n) is 12.1. The molecule has 0 radical (unpaired) electrons. The number of likely N-dealkylation sites (tertiary alicyclic amines) is 1. The van der Waals surface area contributed by atoms with Crippen molar-refractivity contribution in [1.29, 1.82) is 0 Å². The molecule has 1 atom stereocenters. The number of rotatable bonds is 2. The van der Waals surface area contributed by atoms with Gasteiger partial charge in [-0.3, -0.25) is 4.90 Å². The van der Waals surface area contributed by atoms with E-state index in [-0.39, 0.29) is 11.5 Å². The number of benzene rings is 2. The molecule has 114 valence electrons. The van der Waals surface area contributed by atoms with Gasteiger partial charge >= 0.3 is 0 Å². The second-order valence-corrected chi connectivity index (χ2v) is 8.25. The van der Waals surface area contributed by atoms with Gasteiger partial charge in [-0.15, -0.1) is 0 Å².